The minimum absolute atomic E-state index is 0. The van der Waals surface area contributed by atoms with Crippen LogP contribution in [0.5, 0.6) is 0 Å². The van der Waals surface area contributed by atoms with Crippen molar-refractivity contribution in [3.05, 3.63) is 0 Å². The van der Waals surface area contributed by atoms with Crippen LogP contribution in [0.15, 0.2) is 0 Å². The molecule has 0 amide bonds. The van der Waals surface area contributed by atoms with Crippen molar-refractivity contribution in [1.82, 2.24) is 0 Å². The zero-order valence-corrected chi connectivity index (χ0v) is 49.3. The molecule has 0 fully saturated rings. The molecule has 0 atom stereocenters. The fourth-order valence-electron chi connectivity index (χ4n) is 0. The molecule has 0 heterocycles. The van der Waals surface area contributed by atoms with Crippen LogP contribution in [0.4, 0.5) is 235 Å². The van der Waals surface area contributed by atoms with Crippen LogP contribution in [-0.4, -0.2) is 0 Å². The zero-order chi connectivity index (χ0) is 0. The molecule has 57 heavy (non-hydrogen) atoms. The molecule has 0 saturated heterocycles. The molecular formula is H57F50K7. The molecule has 0 bridgehead atoms. The van der Waals surface area contributed by atoms with Crippen LogP contribution in [0.2, 0.25) is 0 Å². The van der Waals surface area contributed by atoms with Crippen LogP contribution < -0.4 is 360 Å². The predicted molar refractivity (Wildman–Crippen MR) is 133 cm³/mol. The average Bonchev–Trinajstić information content (AvgIpc) is 0. The molecule has 0 nitrogen and oxygen atoms in total. The summed E-state index contributed by atoms with van der Waals surface area (Å²) >= 11 is 0. The van der Waals surface area contributed by atoms with Gasteiger partial charge in [-0.3, -0.25) is 235 Å². The van der Waals surface area contributed by atoms with Crippen LogP contribution in [-0.2, 0) is 0 Å². The van der Waals surface area contributed by atoms with Gasteiger partial charge in [-0.2, -0.15) is 0 Å². The van der Waals surface area contributed by atoms with Crippen LogP contribution in [0.3, 0.4) is 0 Å². The van der Waals surface area contributed by atoms with E-state index in [2.05, 4.69) is 0 Å². The SMILES string of the molecule is F.F.F.F.F.F.F.F.F.F.F.F.F.F.F.F.F.F.F.F.F.F.F.F.F.F.F.F.F.F.F.F.F.F.F.F.F.F.F.F.F.F.F.F.F.F.F.F.F.F.[H-].[H-].[H-].[H-].[H-].[H-].[H-].[K+].[K+].[K+].[K+].[K+].[K+].[K+]. The van der Waals surface area contributed by atoms with E-state index in [0.717, 1.165) is 0 Å². The summed E-state index contributed by atoms with van der Waals surface area (Å²) in [7, 11) is 0. The maximum Gasteiger partial charge on any atom is 1.00 e. The maximum atomic E-state index is 0. The quantitative estimate of drug-likeness (QED) is 0.168. The van der Waals surface area contributed by atoms with Crippen molar-refractivity contribution in [3.8, 4) is 0 Å². The molecule has 0 aromatic carbocycles. The molecule has 0 spiro atoms. The molecule has 0 unspecified atom stereocenters. The van der Waals surface area contributed by atoms with Gasteiger partial charge >= 0.3 is 360 Å². The fourth-order valence-corrected chi connectivity index (χ4v) is 0. The van der Waals surface area contributed by atoms with Crippen molar-refractivity contribution in [2.45, 2.75) is 0 Å². The van der Waals surface area contributed by atoms with Gasteiger partial charge in [0.15, 0.2) is 0 Å². The molecule has 0 N–H and O–H groups in total. The van der Waals surface area contributed by atoms with Crippen molar-refractivity contribution in [3.63, 3.8) is 0 Å². The van der Waals surface area contributed by atoms with Gasteiger partial charge in [-0.15, -0.1) is 0 Å². The minimum Gasteiger partial charge on any atom is -1.00 e. The summed E-state index contributed by atoms with van der Waals surface area (Å²) in [5.74, 6) is 0. The standard InChI is InChI=1S/50FH.7K.7H/h50*1H;;;;;;;;;;;;;;/q;;;;;;;;;;;;;;;;;;;;;;;;;;;;;;;;;;;;;;;;;;;;;;;;;;7*+1;7*-1. The van der Waals surface area contributed by atoms with Crippen LogP contribution in [0.1, 0.15) is 9.99 Å². The van der Waals surface area contributed by atoms with E-state index in [9.17, 15) is 0 Å². The fraction of sp³-hybridized carbons (Fsp3) is 0. The summed E-state index contributed by atoms with van der Waals surface area (Å²) in [6, 6.07) is 0. The van der Waals surface area contributed by atoms with Gasteiger partial charge in [0.1, 0.15) is 0 Å². The van der Waals surface area contributed by atoms with Gasteiger partial charge in [-0.25, -0.2) is 0 Å². The Morgan fingerprint density at radius 1 is 0.0526 bits per heavy atom. The molecular weight excluding hydrogens is 1220 g/mol. The Bertz CT molecular complexity index is 62.5. The summed E-state index contributed by atoms with van der Waals surface area (Å²) in [5, 5.41) is 0. The summed E-state index contributed by atoms with van der Waals surface area (Å²) in [4.78, 5) is 0. The van der Waals surface area contributed by atoms with E-state index < -0.39 is 0 Å². The molecule has 0 aliphatic heterocycles. The number of halogens is 50. The summed E-state index contributed by atoms with van der Waals surface area (Å²) in [6.07, 6.45) is 0. The predicted octanol–water partition coefficient (Wildman–Crippen LogP) is -12.6. The first-order chi connectivity index (χ1) is 0. The third-order valence-electron chi connectivity index (χ3n) is 0. The second kappa shape index (κ2) is 4010. The minimum atomic E-state index is 0. The van der Waals surface area contributed by atoms with E-state index in [0.29, 0.717) is 0 Å². The van der Waals surface area contributed by atoms with E-state index in [1.807, 2.05) is 0 Å². The normalized spacial score (nSPS) is 0. The van der Waals surface area contributed by atoms with E-state index in [4.69, 9.17) is 0 Å². The third kappa shape index (κ3) is 3880. The molecule has 0 saturated carbocycles. The van der Waals surface area contributed by atoms with Gasteiger partial charge in [-0.05, 0) is 0 Å². The van der Waals surface area contributed by atoms with Gasteiger partial charge in [-0.1, -0.05) is 0 Å². The van der Waals surface area contributed by atoms with E-state index >= 15 is 0 Å². The molecule has 0 aromatic heterocycles. The Hall–Kier alpha value is 7.95. The first kappa shape index (κ1) is 4200. The van der Waals surface area contributed by atoms with Gasteiger partial charge in [0, 0.05) is 0 Å². The van der Waals surface area contributed by atoms with E-state index in [1.54, 1.807) is 0 Å². The van der Waals surface area contributed by atoms with Crippen LogP contribution in [0.25, 0.3) is 0 Å². The Morgan fingerprint density at radius 2 is 0.0526 bits per heavy atom. The second-order valence-corrected chi connectivity index (χ2v) is 0. The van der Waals surface area contributed by atoms with Crippen molar-refractivity contribution >= 4 is 0 Å². The summed E-state index contributed by atoms with van der Waals surface area (Å²) < 4.78 is 0. The van der Waals surface area contributed by atoms with Crippen molar-refractivity contribution in [2.24, 2.45) is 0 Å². The van der Waals surface area contributed by atoms with Crippen molar-refractivity contribution < 1.29 is 605 Å². The molecule has 414 valence electrons. The Morgan fingerprint density at radius 3 is 0.0526 bits per heavy atom. The second-order valence-electron chi connectivity index (χ2n) is 0. The first-order valence-electron chi connectivity index (χ1n) is 0. The number of rotatable bonds is 0. The van der Waals surface area contributed by atoms with Crippen molar-refractivity contribution in [1.29, 1.82) is 0 Å². The monoisotopic (exact) mass is 1280 g/mol. The summed E-state index contributed by atoms with van der Waals surface area (Å²) in [6.45, 7) is 0. The van der Waals surface area contributed by atoms with Crippen molar-refractivity contribution in [2.75, 3.05) is 0 Å². The number of hydrogen-bond donors (Lipinski definition) is 0. The largest absolute Gasteiger partial charge is 1.00 e. The molecule has 0 aliphatic rings. The van der Waals surface area contributed by atoms with E-state index in [1.165, 1.54) is 0 Å². The van der Waals surface area contributed by atoms with Gasteiger partial charge in [0.2, 0.25) is 0 Å². The smallest absolute Gasteiger partial charge is 1.00 e. The molecule has 0 rings (SSSR count). The number of hydrogen-bond acceptors (Lipinski definition) is 0. The Kier molecular flexibility index (Phi) is 295000. The van der Waals surface area contributed by atoms with Gasteiger partial charge < -0.3 is 9.99 Å². The Labute approximate surface area is 591 Å². The van der Waals surface area contributed by atoms with Gasteiger partial charge in [0.25, 0.3) is 0 Å². The molecule has 0 aromatic rings. The maximum absolute atomic E-state index is 0. The van der Waals surface area contributed by atoms with Gasteiger partial charge in [0.05, 0.1) is 0 Å². The van der Waals surface area contributed by atoms with Crippen LogP contribution in [0, 0.1) is 0 Å². The van der Waals surface area contributed by atoms with Crippen LogP contribution >= 0.6 is 0 Å². The molecule has 0 radical (unpaired) electrons. The Balaban J connectivity index is 0. The molecule has 0 aliphatic carbocycles. The first-order valence-corrected chi connectivity index (χ1v) is 0. The topological polar surface area (TPSA) is 0 Å². The summed E-state index contributed by atoms with van der Waals surface area (Å²) in [5.41, 5.74) is 0. The van der Waals surface area contributed by atoms with E-state index in [-0.39, 0.29) is 605 Å². The third-order valence-corrected chi connectivity index (χ3v) is 0. The average molecular weight is 1280 g/mol. The molecule has 57 heteroatoms. The zero-order valence-electron chi connectivity index (χ0n) is 34.4.